The van der Waals surface area contributed by atoms with Crippen molar-refractivity contribution in [3.63, 3.8) is 0 Å². The van der Waals surface area contributed by atoms with Gasteiger partial charge in [-0.3, -0.25) is 9.59 Å². The van der Waals surface area contributed by atoms with Crippen molar-refractivity contribution >= 4 is 17.4 Å². The number of fused-ring (bicyclic) bond motifs is 1. The van der Waals surface area contributed by atoms with Crippen molar-refractivity contribution in [2.45, 2.75) is 6.54 Å². The van der Waals surface area contributed by atoms with Gasteiger partial charge in [0.2, 0.25) is 0 Å². The molecule has 0 unspecified atom stereocenters. The summed E-state index contributed by atoms with van der Waals surface area (Å²) in [4.78, 5) is 26.5. The minimum absolute atomic E-state index is 0.178. The highest BCUT2D eigenvalue weighted by Gasteiger charge is 2.35. The van der Waals surface area contributed by atoms with Gasteiger partial charge in [-0.1, -0.05) is 30.3 Å². The largest absolute Gasteiger partial charge is 0.508 e. The Morgan fingerprint density at radius 2 is 1.56 bits per heavy atom. The summed E-state index contributed by atoms with van der Waals surface area (Å²) in [7, 11) is 1.60. The monoisotopic (exact) mass is 359 g/mol. The molecule has 5 heteroatoms. The highest BCUT2D eigenvalue weighted by Crippen LogP contribution is 2.34. The molecule has 0 saturated carbocycles. The summed E-state index contributed by atoms with van der Waals surface area (Å²) >= 11 is 0. The molecule has 1 amide bonds. The first-order chi connectivity index (χ1) is 13.1. The number of carbonyl (C=O) groups is 2. The van der Waals surface area contributed by atoms with Crippen LogP contribution in [0.3, 0.4) is 0 Å². The number of aromatic hydroxyl groups is 1. The van der Waals surface area contributed by atoms with E-state index in [0.717, 1.165) is 22.4 Å². The van der Waals surface area contributed by atoms with Crippen LogP contribution in [0, 0.1) is 0 Å². The fourth-order valence-corrected chi connectivity index (χ4v) is 3.20. The van der Waals surface area contributed by atoms with E-state index in [4.69, 9.17) is 4.74 Å². The Morgan fingerprint density at radius 1 is 0.889 bits per heavy atom. The van der Waals surface area contributed by atoms with Gasteiger partial charge in [0.15, 0.2) is 0 Å². The summed E-state index contributed by atoms with van der Waals surface area (Å²) < 4.78 is 5.15. The Morgan fingerprint density at radius 3 is 2.22 bits per heavy atom. The van der Waals surface area contributed by atoms with Crippen LogP contribution in [0.1, 0.15) is 15.9 Å². The third-order valence-electron chi connectivity index (χ3n) is 4.67. The molecule has 27 heavy (non-hydrogen) atoms. The lowest BCUT2D eigenvalue weighted by atomic mass is 10.0. The van der Waals surface area contributed by atoms with Crippen molar-refractivity contribution in [3.05, 3.63) is 77.9 Å². The summed E-state index contributed by atoms with van der Waals surface area (Å²) in [5.74, 6) is -0.110. The highest BCUT2D eigenvalue weighted by atomic mass is 16.5. The second-order valence-electron chi connectivity index (χ2n) is 6.35. The molecule has 3 aromatic carbocycles. The average Bonchev–Trinajstić information content (AvgIpc) is 2.93. The minimum Gasteiger partial charge on any atom is -0.508 e. The number of ether oxygens (including phenoxy) is 1. The van der Waals surface area contributed by atoms with E-state index >= 15 is 0 Å². The second kappa shape index (κ2) is 6.61. The summed E-state index contributed by atoms with van der Waals surface area (Å²) in [6.45, 7) is 0.320. The molecule has 0 spiro atoms. The van der Waals surface area contributed by atoms with Crippen molar-refractivity contribution < 1.29 is 19.4 Å². The molecule has 0 saturated heterocycles. The van der Waals surface area contributed by atoms with Crippen LogP contribution in [0.2, 0.25) is 0 Å². The van der Waals surface area contributed by atoms with E-state index in [1.165, 1.54) is 4.90 Å². The van der Waals surface area contributed by atoms with Crippen LogP contribution in [-0.4, -0.2) is 23.9 Å². The number of benzene rings is 3. The maximum atomic E-state index is 12.5. The number of Topliss-reactive ketones (excluding diaryl/α,β-unsaturated/α-hetero) is 1. The molecule has 0 aromatic heterocycles. The number of rotatable bonds is 4. The van der Waals surface area contributed by atoms with Crippen LogP contribution in [0.15, 0.2) is 66.7 Å². The van der Waals surface area contributed by atoms with Crippen LogP contribution in [0.5, 0.6) is 11.5 Å². The van der Waals surface area contributed by atoms with Crippen LogP contribution in [0.4, 0.5) is 5.69 Å². The van der Waals surface area contributed by atoms with Crippen LogP contribution in [-0.2, 0) is 11.3 Å². The Labute approximate surface area is 156 Å². The molecule has 5 nitrogen and oxygen atoms in total. The Kier molecular flexibility index (Phi) is 4.12. The summed E-state index contributed by atoms with van der Waals surface area (Å²) in [6.07, 6.45) is 0. The van der Waals surface area contributed by atoms with Gasteiger partial charge < -0.3 is 14.7 Å². The summed E-state index contributed by atoms with van der Waals surface area (Å²) in [5.41, 5.74) is 3.61. The molecule has 3 aromatic rings. The first kappa shape index (κ1) is 16.8. The lowest BCUT2D eigenvalue weighted by Gasteiger charge is -2.17. The van der Waals surface area contributed by atoms with Crippen LogP contribution in [0.25, 0.3) is 11.1 Å². The van der Waals surface area contributed by atoms with Crippen LogP contribution >= 0.6 is 0 Å². The van der Waals surface area contributed by atoms with E-state index in [9.17, 15) is 14.7 Å². The molecule has 134 valence electrons. The Balaban J connectivity index is 1.66. The zero-order valence-corrected chi connectivity index (χ0v) is 14.7. The van der Waals surface area contributed by atoms with E-state index in [1.807, 2.05) is 30.3 Å². The van der Waals surface area contributed by atoms with Crippen molar-refractivity contribution in [1.29, 1.82) is 0 Å². The van der Waals surface area contributed by atoms with E-state index < -0.39 is 11.7 Å². The van der Waals surface area contributed by atoms with E-state index in [0.29, 0.717) is 17.8 Å². The van der Waals surface area contributed by atoms with Gasteiger partial charge in [0.1, 0.15) is 11.5 Å². The number of anilines is 1. The molecule has 0 aliphatic carbocycles. The molecule has 0 radical (unpaired) electrons. The lowest BCUT2D eigenvalue weighted by Crippen LogP contribution is -2.29. The number of nitrogens with zero attached hydrogens (tertiary/aromatic N) is 1. The van der Waals surface area contributed by atoms with Gasteiger partial charge in [-0.15, -0.1) is 0 Å². The first-order valence-corrected chi connectivity index (χ1v) is 8.49. The van der Waals surface area contributed by atoms with Gasteiger partial charge in [0.25, 0.3) is 11.7 Å². The third-order valence-corrected chi connectivity index (χ3v) is 4.67. The first-order valence-electron chi connectivity index (χ1n) is 8.49. The Bertz CT molecular complexity index is 1020. The van der Waals surface area contributed by atoms with Crippen LogP contribution < -0.4 is 9.64 Å². The van der Waals surface area contributed by atoms with Gasteiger partial charge in [-0.05, 0) is 53.1 Å². The molecule has 0 atom stereocenters. The molecular formula is C22H17NO4. The lowest BCUT2D eigenvalue weighted by molar-refractivity contribution is -0.114. The van der Waals surface area contributed by atoms with Gasteiger partial charge >= 0.3 is 0 Å². The fraction of sp³-hybridized carbons (Fsp3) is 0.0909. The summed E-state index contributed by atoms with van der Waals surface area (Å²) in [5, 5.41) is 9.43. The molecule has 4 rings (SSSR count). The number of phenolic OH excluding ortho intramolecular Hbond substituents is 1. The topological polar surface area (TPSA) is 66.8 Å². The number of carbonyl (C=O) groups excluding carboxylic acids is 2. The van der Waals surface area contributed by atoms with Gasteiger partial charge in [-0.2, -0.15) is 0 Å². The van der Waals surface area contributed by atoms with E-state index in [2.05, 4.69) is 0 Å². The quantitative estimate of drug-likeness (QED) is 0.720. The number of hydrogen-bond acceptors (Lipinski definition) is 4. The van der Waals surface area contributed by atoms with Gasteiger partial charge in [-0.25, -0.2) is 0 Å². The summed E-state index contributed by atoms with van der Waals surface area (Å²) in [6, 6.07) is 19.5. The maximum Gasteiger partial charge on any atom is 0.299 e. The normalized spacial score (nSPS) is 13.0. The van der Waals surface area contributed by atoms with E-state index in [1.54, 1.807) is 43.5 Å². The fourth-order valence-electron chi connectivity index (χ4n) is 3.20. The third kappa shape index (κ3) is 3.04. The molecule has 1 aliphatic heterocycles. The Hall–Kier alpha value is -3.60. The van der Waals surface area contributed by atoms with E-state index in [-0.39, 0.29) is 5.75 Å². The number of methoxy groups -OCH3 is 1. The number of amides is 1. The van der Waals surface area contributed by atoms with Gasteiger partial charge in [0.05, 0.1) is 24.9 Å². The zero-order valence-electron chi connectivity index (χ0n) is 14.7. The molecule has 0 bridgehead atoms. The zero-order chi connectivity index (χ0) is 19.0. The standard InChI is InChI=1S/C22H17NO4/c1-27-18-9-2-14(3-10-18)13-23-20-11-6-16(12-19(20)21(25)22(23)26)15-4-7-17(24)8-5-15/h2-12,24H,13H2,1H3. The highest BCUT2D eigenvalue weighted by molar-refractivity contribution is 6.52. The van der Waals surface area contributed by atoms with Crippen molar-refractivity contribution in [1.82, 2.24) is 0 Å². The number of hydrogen-bond donors (Lipinski definition) is 1. The molecular weight excluding hydrogens is 342 g/mol. The van der Waals surface area contributed by atoms with Crippen molar-refractivity contribution in [2.75, 3.05) is 12.0 Å². The minimum atomic E-state index is -0.524. The molecule has 1 aliphatic rings. The molecule has 0 fully saturated rings. The van der Waals surface area contributed by atoms with Gasteiger partial charge in [0, 0.05) is 0 Å². The van der Waals surface area contributed by atoms with Crippen molar-refractivity contribution in [3.8, 4) is 22.6 Å². The number of ketones is 1. The second-order valence-corrected chi connectivity index (χ2v) is 6.35. The predicted octanol–water partition coefficient (Wildman–Crippen LogP) is 3.80. The maximum absolute atomic E-state index is 12.5. The smallest absolute Gasteiger partial charge is 0.299 e. The predicted molar refractivity (Wildman–Crippen MR) is 102 cm³/mol. The van der Waals surface area contributed by atoms with Crippen molar-refractivity contribution in [2.24, 2.45) is 0 Å². The SMILES string of the molecule is COc1ccc(CN2C(=O)C(=O)c3cc(-c4ccc(O)cc4)ccc32)cc1. The number of phenols is 1. The molecule has 1 N–H and O–H groups in total. The average molecular weight is 359 g/mol. The molecule has 1 heterocycles.